The summed E-state index contributed by atoms with van der Waals surface area (Å²) in [7, 11) is 0. The van der Waals surface area contributed by atoms with Crippen LogP contribution in [0.4, 0.5) is 0 Å². The second-order valence-electron chi connectivity index (χ2n) is 21.0. The molecule has 0 bridgehead atoms. The monoisotopic (exact) mass is 1080 g/mol. The minimum atomic E-state index is 0.506. The molecule has 12 nitrogen and oxygen atoms in total. The molecule has 0 N–H and O–H groups in total. The molecule has 10 aromatic heterocycles. The van der Waals surface area contributed by atoms with Gasteiger partial charge in [0.25, 0.3) is 0 Å². The third kappa shape index (κ3) is 8.30. The van der Waals surface area contributed by atoms with E-state index >= 15 is 0 Å². The maximum absolute atomic E-state index is 6.31. The Morgan fingerprint density at radius 1 is 0.321 bits per heavy atom. The van der Waals surface area contributed by atoms with Crippen molar-refractivity contribution < 1.29 is 8.83 Å². The zero-order valence-corrected chi connectivity index (χ0v) is 45.4. The van der Waals surface area contributed by atoms with Crippen LogP contribution in [0, 0.1) is 13.8 Å². The maximum atomic E-state index is 6.31. The number of rotatable bonds is 10. The molecule has 16 aromatic rings. The van der Waals surface area contributed by atoms with Gasteiger partial charge in [0.15, 0.2) is 11.6 Å². The molecule has 0 radical (unpaired) electrons. The molecule has 0 saturated carbocycles. The molecule has 16 rings (SSSR count). The summed E-state index contributed by atoms with van der Waals surface area (Å²) in [5, 5.41) is 6.09. The summed E-state index contributed by atoms with van der Waals surface area (Å²) in [4.78, 5) is 39.7. The molecule has 10 heterocycles. The van der Waals surface area contributed by atoms with Crippen molar-refractivity contribution in [1.29, 1.82) is 0 Å². The molecule has 0 aliphatic heterocycles. The molecule has 0 spiro atoms. The summed E-state index contributed by atoms with van der Waals surface area (Å²) in [6.45, 7) is 4.01. The van der Waals surface area contributed by atoms with Gasteiger partial charge in [-0.25, -0.2) is 9.97 Å². The van der Waals surface area contributed by atoms with Crippen LogP contribution >= 0.6 is 0 Å². The van der Waals surface area contributed by atoms with Crippen LogP contribution in [-0.2, 0) is 0 Å². The second kappa shape index (κ2) is 19.6. The maximum Gasteiger partial charge on any atom is 0.228 e. The minimum Gasteiger partial charge on any atom is -0.442 e. The molecule has 12 heteroatoms. The van der Waals surface area contributed by atoms with Crippen molar-refractivity contribution in [2.24, 2.45) is 0 Å². The average molecular weight is 1080 g/mol. The lowest BCUT2D eigenvalue weighted by molar-refractivity contribution is 0.573. The zero-order valence-electron chi connectivity index (χ0n) is 45.4. The Balaban J connectivity index is 0.692. The lowest BCUT2D eigenvalue weighted by atomic mass is 10.0. The van der Waals surface area contributed by atoms with E-state index < -0.39 is 0 Å². The van der Waals surface area contributed by atoms with Crippen LogP contribution in [0.5, 0.6) is 0 Å². The molecule has 0 aliphatic carbocycles. The molecule has 0 amide bonds. The number of pyridine rings is 6. The summed E-state index contributed by atoms with van der Waals surface area (Å²) >= 11 is 0. The van der Waals surface area contributed by atoms with E-state index in [4.69, 9.17) is 48.7 Å². The Bertz CT molecular complexity index is 4930. The molecular formula is C72H46N10O2. The Morgan fingerprint density at radius 2 is 0.762 bits per heavy atom. The van der Waals surface area contributed by atoms with E-state index in [9.17, 15) is 0 Å². The molecule has 0 fully saturated rings. The molecular weight excluding hydrogens is 1040 g/mol. The smallest absolute Gasteiger partial charge is 0.228 e. The number of benzene rings is 6. The van der Waals surface area contributed by atoms with E-state index in [1.807, 2.05) is 136 Å². The normalized spacial score (nSPS) is 11.7. The fraction of sp³-hybridized carbons (Fsp3) is 0.0278. The van der Waals surface area contributed by atoms with E-state index in [0.717, 1.165) is 144 Å². The van der Waals surface area contributed by atoms with Crippen LogP contribution in [0.25, 0.3) is 156 Å². The summed E-state index contributed by atoms with van der Waals surface area (Å²) in [6.07, 6.45) is 11.0. The van der Waals surface area contributed by atoms with Crippen molar-refractivity contribution in [2.75, 3.05) is 0 Å². The summed E-state index contributed by atoms with van der Waals surface area (Å²) in [6, 6.07) is 70.4. The summed E-state index contributed by atoms with van der Waals surface area (Å²) in [5.41, 5.74) is 18.6. The van der Waals surface area contributed by atoms with Gasteiger partial charge >= 0.3 is 0 Å². The van der Waals surface area contributed by atoms with Crippen molar-refractivity contribution in [2.45, 2.75) is 13.8 Å². The van der Waals surface area contributed by atoms with E-state index in [0.29, 0.717) is 23.4 Å². The number of hydrogen-bond acceptors (Lipinski definition) is 10. The topological polar surface area (TPSA) is 139 Å². The fourth-order valence-corrected chi connectivity index (χ4v) is 11.7. The quantitative estimate of drug-likeness (QED) is 0.130. The van der Waals surface area contributed by atoms with Gasteiger partial charge in [0, 0.05) is 91.1 Å². The van der Waals surface area contributed by atoms with Crippen molar-refractivity contribution in [3.63, 3.8) is 0 Å². The van der Waals surface area contributed by atoms with Gasteiger partial charge in [-0.2, -0.15) is 9.97 Å². The van der Waals surface area contributed by atoms with Crippen LogP contribution in [0.1, 0.15) is 11.4 Å². The first-order valence-electron chi connectivity index (χ1n) is 27.7. The number of oxazole rings is 2. The van der Waals surface area contributed by atoms with Crippen LogP contribution in [0.15, 0.2) is 252 Å². The molecule has 6 aromatic carbocycles. The van der Waals surface area contributed by atoms with Crippen LogP contribution in [0.3, 0.4) is 0 Å². The highest BCUT2D eigenvalue weighted by Gasteiger charge is 2.22. The Hall–Kier alpha value is -11.5. The highest BCUT2D eigenvalue weighted by molar-refractivity contribution is 6.11. The highest BCUT2D eigenvalue weighted by Crippen LogP contribution is 2.40. The van der Waals surface area contributed by atoms with Gasteiger partial charge in [0.1, 0.15) is 12.5 Å². The lowest BCUT2D eigenvalue weighted by Gasteiger charge is -2.10. The predicted molar refractivity (Wildman–Crippen MR) is 332 cm³/mol. The largest absolute Gasteiger partial charge is 0.442 e. The third-order valence-corrected chi connectivity index (χ3v) is 15.7. The van der Waals surface area contributed by atoms with Crippen molar-refractivity contribution in [3.8, 4) is 102 Å². The van der Waals surface area contributed by atoms with Crippen LogP contribution in [-0.4, -0.2) is 49.0 Å². The average Bonchev–Trinajstić information content (AvgIpc) is 4.38. The van der Waals surface area contributed by atoms with Crippen molar-refractivity contribution in [1.82, 2.24) is 49.0 Å². The zero-order chi connectivity index (χ0) is 55.8. The predicted octanol–water partition coefficient (Wildman–Crippen LogP) is 17.3. The number of aromatic nitrogens is 10. The molecule has 0 atom stereocenters. The first kappa shape index (κ1) is 48.4. The first-order chi connectivity index (χ1) is 41.4. The van der Waals surface area contributed by atoms with Gasteiger partial charge in [-0.1, -0.05) is 109 Å². The lowest BCUT2D eigenvalue weighted by Crippen LogP contribution is -1.95. The van der Waals surface area contributed by atoms with E-state index in [1.165, 1.54) is 0 Å². The van der Waals surface area contributed by atoms with Crippen molar-refractivity contribution in [3.05, 3.63) is 255 Å². The first-order valence-corrected chi connectivity index (χ1v) is 27.7. The standard InChI is InChI=1S/C72H46N10O2/c1-43-33-65-57(39-75-43)55-37-49(59-19-9-21-61(77-59)69-53(17-11-31-73-69)45-13-5-3-6-14-45)27-29-63(55)81(65)67-41-83-71(79-67)51-25-23-48-36-52(26-24-47(48)35-51)72-80-68(42-84-72)82-64-30-28-50(38-56(64)58-40-76-44(2)34-66(58)82)60-20-10-22-62(78-60)70-54(18-12-32-74-70)46-15-7-4-8-16-46/h3-42H,1-2H3. The SMILES string of the molecule is Cc1cc2c(cn1)c1cc(-c3cccc(-c4ncccc4-c4ccccc4)n3)ccc1n2-c1coc(-c2ccc3cc(-c4nc(-n5c6ccc(-c7cccc(-c8ncccc8-c8ccccc8)n7)cc6c6cnc(C)cc65)co4)ccc3c2)n1. The van der Waals surface area contributed by atoms with E-state index in [-0.39, 0.29) is 0 Å². The molecule has 0 unspecified atom stereocenters. The van der Waals surface area contributed by atoms with Crippen LogP contribution < -0.4 is 0 Å². The van der Waals surface area contributed by atoms with Gasteiger partial charge in [-0.05, 0) is 133 Å². The van der Waals surface area contributed by atoms with Crippen LogP contribution in [0.2, 0.25) is 0 Å². The van der Waals surface area contributed by atoms with Gasteiger partial charge < -0.3 is 8.83 Å². The summed E-state index contributed by atoms with van der Waals surface area (Å²) in [5.74, 6) is 2.34. The van der Waals surface area contributed by atoms with E-state index in [1.54, 1.807) is 12.5 Å². The van der Waals surface area contributed by atoms with Gasteiger partial charge in [0.05, 0.1) is 56.2 Å². The Kier molecular flexibility index (Phi) is 11.3. The number of fused-ring (bicyclic) bond motifs is 7. The highest BCUT2D eigenvalue weighted by atomic mass is 16.3. The van der Waals surface area contributed by atoms with Gasteiger partial charge in [-0.15, -0.1) is 0 Å². The Labute approximate surface area is 480 Å². The molecule has 396 valence electrons. The van der Waals surface area contributed by atoms with E-state index in [2.05, 4.69) is 118 Å². The molecule has 0 aliphatic rings. The number of hydrogen-bond donors (Lipinski definition) is 0. The number of aryl methyl sites for hydroxylation is 2. The van der Waals surface area contributed by atoms with Gasteiger partial charge in [0.2, 0.25) is 11.8 Å². The molecule has 84 heavy (non-hydrogen) atoms. The van der Waals surface area contributed by atoms with Crippen molar-refractivity contribution >= 4 is 54.4 Å². The number of nitrogens with zero attached hydrogens (tertiary/aromatic N) is 10. The fourth-order valence-electron chi connectivity index (χ4n) is 11.7. The second-order valence-corrected chi connectivity index (χ2v) is 21.0. The minimum absolute atomic E-state index is 0.506. The summed E-state index contributed by atoms with van der Waals surface area (Å²) < 4.78 is 16.9. The molecule has 0 saturated heterocycles. The Morgan fingerprint density at radius 3 is 1.23 bits per heavy atom. The van der Waals surface area contributed by atoms with Gasteiger partial charge in [-0.3, -0.25) is 29.1 Å². The third-order valence-electron chi connectivity index (χ3n) is 15.7.